The SMILES string of the molecule is COC(=O)[C@H](Cc1cnc[nH]1)NC(=O)c1c[nH]c(=O)[nH]1. The standard InChI is InChI=1S/C11H13N5O4/c1-20-10(18)7(2-6-3-12-5-14-6)15-9(17)8-4-13-11(19)16-8/h3-5,7H,2H2,1H3,(H,12,14)(H,15,17)(H2,13,16,19)/t7-/m0/s1. The fourth-order valence-corrected chi connectivity index (χ4v) is 1.64. The van der Waals surface area contributed by atoms with E-state index in [-0.39, 0.29) is 12.1 Å². The van der Waals surface area contributed by atoms with Crippen molar-refractivity contribution in [1.82, 2.24) is 25.3 Å². The zero-order chi connectivity index (χ0) is 14.5. The second-order valence-electron chi connectivity index (χ2n) is 3.99. The quantitative estimate of drug-likeness (QED) is 0.518. The number of hydrogen-bond acceptors (Lipinski definition) is 5. The van der Waals surface area contributed by atoms with Gasteiger partial charge < -0.3 is 25.0 Å². The summed E-state index contributed by atoms with van der Waals surface area (Å²) >= 11 is 0. The van der Waals surface area contributed by atoms with Crippen molar-refractivity contribution in [3.05, 3.63) is 40.6 Å². The van der Waals surface area contributed by atoms with E-state index in [2.05, 4.69) is 30.0 Å². The fourth-order valence-electron chi connectivity index (χ4n) is 1.64. The van der Waals surface area contributed by atoms with E-state index in [4.69, 9.17) is 0 Å². The van der Waals surface area contributed by atoms with E-state index in [9.17, 15) is 14.4 Å². The summed E-state index contributed by atoms with van der Waals surface area (Å²) in [6.07, 6.45) is 4.44. The molecule has 4 N–H and O–H groups in total. The Kier molecular flexibility index (Phi) is 3.99. The van der Waals surface area contributed by atoms with Gasteiger partial charge in [-0.05, 0) is 0 Å². The topological polar surface area (TPSA) is 133 Å². The number of imidazole rings is 2. The molecule has 2 aromatic heterocycles. The number of nitrogens with zero attached hydrogens (tertiary/aromatic N) is 1. The Labute approximate surface area is 112 Å². The molecule has 106 valence electrons. The van der Waals surface area contributed by atoms with Crippen LogP contribution in [0.25, 0.3) is 0 Å². The summed E-state index contributed by atoms with van der Waals surface area (Å²) in [5, 5.41) is 2.48. The Balaban J connectivity index is 2.09. The number of methoxy groups -OCH3 is 1. The van der Waals surface area contributed by atoms with Gasteiger partial charge in [-0.15, -0.1) is 0 Å². The summed E-state index contributed by atoms with van der Waals surface area (Å²) in [5.74, 6) is -1.18. The number of carbonyl (C=O) groups is 2. The van der Waals surface area contributed by atoms with Crippen molar-refractivity contribution in [3.63, 3.8) is 0 Å². The number of carbonyl (C=O) groups excluding carboxylic acids is 2. The lowest BCUT2D eigenvalue weighted by Crippen LogP contribution is -2.43. The van der Waals surface area contributed by atoms with Gasteiger partial charge >= 0.3 is 11.7 Å². The summed E-state index contributed by atoms with van der Waals surface area (Å²) in [6, 6.07) is -0.883. The van der Waals surface area contributed by atoms with Crippen LogP contribution in [0.15, 0.2) is 23.5 Å². The van der Waals surface area contributed by atoms with Crippen LogP contribution >= 0.6 is 0 Å². The van der Waals surface area contributed by atoms with Crippen LogP contribution in [0.5, 0.6) is 0 Å². The highest BCUT2D eigenvalue weighted by Crippen LogP contribution is 2.01. The Morgan fingerprint density at radius 1 is 1.45 bits per heavy atom. The molecule has 2 heterocycles. The third kappa shape index (κ3) is 3.13. The number of hydrogen-bond donors (Lipinski definition) is 4. The van der Waals surface area contributed by atoms with Crippen LogP contribution in [0.4, 0.5) is 0 Å². The van der Waals surface area contributed by atoms with Gasteiger partial charge in [-0.1, -0.05) is 0 Å². The molecule has 0 radical (unpaired) electrons. The Morgan fingerprint density at radius 2 is 2.25 bits per heavy atom. The van der Waals surface area contributed by atoms with Crippen LogP contribution in [0.3, 0.4) is 0 Å². The molecule has 9 nitrogen and oxygen atoms in total. The van der Waals surface area contributed by atoms with Gasteiger partial charge in [0.05, 0.1) is 13.4 Å². The van der Waals surface area contributed by atoms with Crippen molar-refractivity contribution in [2.75, 3.05) is 7.11 Å². The third-order valence-electron chi connectivity index (χ3n) is 2.61. The number of rotatable bonds is 5. The average Bonchev–Trinajstić information content (AvgIpc) is 3.08. The molecule has 0 aliphatic heterocycles. The van der Waals surface area contributed by atoms with Gasteiger partial charge in [0.25, 0.3) is 5.91 Å². The molecule has 2 rings (SSSR count). The van der Waals surface area contributed by atoms with Crippen LogP contribution in [-0.4, -0.2) is 45.0 Å². The summed E-state index contributed by atoms with van der Waals surface area (Å²) in [5.41, 5.74) is 0.204. The van der Waals surface area contributed by atoms with E-state index < -0.39 is 23.6 Å². The summed E-state index contributed by atoms with van der Waals surface area (Å²) in [4.78, 5) is 45.7. The highest BCUT2D eigenvalue weighted by atomic mass is 16.5. The first kappa shape index (κ1) is 13.6. The van der Waals surface area contributed by atoms with E-state index in [0.717, 1.165) is 0 Å². The highest BCUT2D eigenvalue weighted by molar-refractivity contribution is 5.95. The predicted octanol–water partition coefficient (Wildman–Crippen LogP) is -1.06. The number of ether oxygens (including phenoxy) is 1. The first-order valence-corrected chi connectivity index (χ1v) is 5.73. The molecule has 0 saturated carbocycles. The molecule has 1 atom stereocenters. The van der Waals surface area contributed by atoms with Gasteiger partial charge in [-0.3, -0.25) is 4.79 Å². The van der Waals surface area contributed by atoms with E-state index in [1.54, 1.807) is 6.20 Å². The maximum absolute atomic E-state index is 11.9. The van der Waals surface area contributed by atoms with Gasteiger partial charge in [-0.25, -0.2) is 14.6 Å². The molecule has 1 amide bonds. The number of esters is 1. The van der Waals surface area contributed by atoms with Gasteiger partial charge in [0.15, 0.2) is 0 Å². The molecule has 0 spiro atoms. The first-order valence-electron chi connectivity index (χ1n) is 5.73. The number of amides is 1. The normalized spacial score (nSPS) is 11.8. The van der Waals surface area contributed by atoms with Crippen LogP contribution in [-0.2, 0) is 16.0 Å². The van der Waals surface area contributed by atoms with Crippen molar-refractivity contribution >= 4 is 11.9 Å². The van der Waals surface area contributed by atoms with E-state index in [1.807, 2.05) is 0 Å². The molecule has 20 heavy (non-hydrogen) atoms. The molecule has 2 aromatic rings. The molecule has 9 heteroatoms. The second-order valence-corrected chi connectivity index (χ2v) is 3.99. The fraction of sp³-hybridized carbons (Fsp3) is 0.273. The largest absolute Gasteiger partial charge is 0.467 e. The molecule has 0 unspecified atom stereocenters. The minimum Gasteiger partial charge on any atom is -0.467 e. The monoisotopic (exact) mass is 279 g/mol. The molecular formula is C11H13N5O4. The summed E-state index contributed by atoms with van der Waals surface area (Å²) in [7, 11) is 1.23. The van der Waals surface area contributed by atoms with Crippen LogP contribution < -0.4 is 11.0 Å². The highest BCUT2D eigenvalue weighted by Gasteiger charge is 2.23. The molecule has 0 fully saturated rings. The lowest BCUT2D eigenvalue weighted by atomic mass is 10.1. The van der Waals surface area contributed by atoms with Crippen LogP contribution in [0.2, 0.25) is 0 Å². The molecule has 0 saturated heterocycles. The van der Waals surface area contributed by atoms with Crippen LogP contribution in [0, 0.1) is 0 Å². The van der Waals surface area contributed by atoms with E-state index in [0.29, 0.717) is 5.69 Å². The lowest BCUT2D eigenvalue weighted by Gasteiger charge is -2.14. The Bertz CT molecular complexity index is 642. The maximum atomic E-state index is 11.9. The van der Waals surface area contributed by atoms with Gasteiger partial charge in [0.2, 0.25) is 0 Å². The zero-order valence-corrected chi connectivity index (χ0v) is 10.6. The van der Waals surface area contributed by atoms with Crippen molar-refractivity contribution in [3.8, 4) is 0 Å². The predicted molar refractivity (Wildman–Crippen MR) is 67.0 cm³/mol. The van der Waals surface area contributed by atoms with Gasteiger partial charge in [0, 0.05) is 24.5 Å². The smallest absolute Gasteiger partial charge is 0.328 e. The first-order chi connectivity index (χ1) is 9.60. The number of aromatic nitrogens is 4. The van der Waals surface area contributed by atoms with Gasteiger partial charge in [0.1, 0.15) is 11.7 Å². The Hall–Kier alpha value is -2.84. The van der Waals surface area contributed by atoms with Crippen LogP contribution in [0.1, 0.15) is 16.2 Å². The molecular weight excluding hydrogens is 266 g/mol. The second kappa shape index (κ2) is 5.87. The summed E-state index contributed by atoms with van der Waals surface area (Å²) in [6.45, 7) is 0. The summed E-state index contributed by atoms with van der Waals surface area (Å²) < 4.78 is 4.64. The minimum atomic E-state index is -0.883. The van der Waals surface area contributed by atoms with Crippen molar-refractivity contribution in [2.24, 2.45) is 0 Å². The van der Waals surface area contributed by atoms with E-state index in [1.165, 1.54) is 19.6 Å². The third-order valence-corrected chi connectivity index (χ3v) is 2.61. The van der Waals surface area contributed by atoms with Crippen molar-refractivity contribution < 1.29 is 14.3 Å². The number of nitrogens with one attached hydrogen (secondary N) is 4. The number of aromatic amines is 3. The molecule has 0 aliphatic carbocycles. The Morgan fingerprint density at radius 3 is 2.80 bits per heavy atom. The minimum absolute atomic E-state index is 0.0357. The van der Waals surface area contributed by atoms with Crippen molar-refractivity contribution in [1.29, 1.82) is 0 Å². The average molecular weight is 279 g/mol. The molecule has 0 aromatic carbocycles. The van der Waals surface area contributed by atoms with Gasteiger partial charge in [-0.2, -0.15) is 0 Å². The number of H-pyrrole nitrogens is 3. The zero-order valence-electron chi connectivity index (χ0n) is 10.6. The molecule has 0 bridgehead atoms. The lowest BCUT2D eigenvalue weighted by molar-refractivity contribution is -0.142. The van der Waals surface area contributed by atoms with Crippen molar-refractivity contribution in [2.45, 2.75) is 12.5 Å². The maximum Gasteiger partial charge on any atom is 0.328 e. The molecule has 0 aliphatic rings. The van der Waals surface area contributed by atoms with E-state index >= 15 is 0 Å².